The Kier molecular flexibility index (Phi) is 2.91. The number of carboxylic acids is 1. The third kappa shape index (κ3) is 1.73. The molecule has 0 bridgehead atoms. The largest absolute Gasteiger partial charge is 0.480 e. The van der Waals surface area contributed by atoms with Crippen LogP contribution in [0, 0.1) is 5.92 Å². The van der Waals surface area contributed by atoms with E-state index in [1.165, 1.54) is 0 Å². The minimum atomic E-state index is -0.783. The molecule has 0 aromatic rings. The van der Waals surface area contributed by atoms with Crippen molar-refractivity contribution in [2.45, 2.75) is 42.1 Å². The number of hydrogen-bond donors (Lipinski definition) is 2. The van der Waals surface area contributed by atoms with E-state index in [0.717, 1.165) is 12.8 Å². The van der Waals surface area contributed by atoms with Gasteiger partial charge in [-0.2, -0.15) is 0 Å². The van der Waals surface area contributed by atoms with E-state index in [1.54, 1.807) is 0 Å². The summed E-state index contributed by atoms with van der Waals surface area (Å²) in [5, 5.41) is 11.8. The van der Waals surface area contributed by atoms with E-state index in [-0.39, 0.29) is 16.8 Å². The molecule has 0 radical (unpaired) electrons. The smallest absolute Gasteiger partial charge is 0.320 e. The van der Waals surface area contributed by atoms with Gasteiger partial charge in [0.2, 0.25) is 0 Å². The average molecular weight is 238 g/mol. The van der Waals surface area contributed by atoms with Gasteiger partial charge in [-0.1, -0.05) is 0 Å². The molecule has 80 valence electrons. The van der Waals surface area contributed by atoms with Crippen LogP contribution in [0.3, 0.4) is 0 Å². The number of rotatable bonds is 1. The SMILES string of the molecule is O=C(O)C1CC2CCC(Cl)C(Cl)C2N1. The number of aliphatic carboxylic acids is 1. The Hall–Kier alpha value is 0.01000. The van der Waals surface area contributed by atoms with E-state index in [0.29, 0.717) is 12.3 Å². The lowest BCUT2D eigenvalue weighted by Gasteiger charge is -2.33. The van der Waals surface area contributed by atoms with Crippen molar-refractivity contribution in [2.75, 3.05) is 0 Å². The van der Waals surface area contributed by atoms with E-state index in [2.05, 4.69) is 5.32 Å². The number of carbonyl (C=O) groups is 1. The molecule has 2 fully saturated rings. The van der Waals surface area contributed by atoms with Crippen LogP contribution in [0.5, 0.6) is 0 Å². The molecule has 2 rings (SSSR count). The van der Waals surface area contributed by atoms with Crippen LogP contribution in [0.4, 0.5) is 0 Å². The second-order valence-electron chi connectivity index (χ2n) is 4.12. The first-order valence-corrected chi connectivity index (χ1v) is 5.74. The zero-order chi connectivity index (χ0) is 10.3. The van der Waals surface area contributed by atoms with Crippen LogP contribution in [-0.2, 0) is 4.79 Å². The summed E-state index contributed by atoms with van der Waals surface area (Å²) in [6.45, 7) is 0. The van der Waals surface area contributed by atoms with Crippen molar-refractivity contribution in [2.24, 2.45) is 5.92 Å². The normalized spacial score (nSPS) is 47.4. The Morgan fingerprint density at radius 3 is 2.71 bits per heavy atom. The molecule has 1 heterocycles. The van der Waals surface area contributed by atoms with Crippen LogP contribution in [0.2, 0.25) is 0 Å². The number of carboxylic acid groups (broad SMARTS) is 1. The summed E-state index contributed by atoms with van der Waals surface area (Å²) in [5.41, 5.74) is 0. The fraction of sp³-hybridized carbons (Fsp3) is 0.889. The van der Waals surface area contributed by atoms with Gasteiger partial charge < -0.3 is 5.11 Å². The lowest BCUT2D eigenvalue weighted by Crippen LogP contribution is -2.47. The molecule has 1 aliphatic carbocycles. The summed E-state index contributed by atoms with van der Waals surface area (Å²) in [7, 11) is 0. The molecule has 5 heteroatoms. The molecule has 1 aliphatic heterocycles. The van der Waals surface area contributed by atoms with Gasteiger partial charge in [-0.25, -0.2) is 0 Å². The summed E-state index contributed by atoms with van der Waals surface area (Å²) in [6.07, 6.45) is 2.57. The van der Waals surface area contributed by atoms with Crippen LogP contribution in [0.15, 0.2) is 0 Å². The van der Waals surface area contributed by atoms with Crippen molar-refractivity contribution in [3.8, 4) is 0 Å². The number of fused-ring (bicyclic) bond motifs is 1. The maximum Gasteiger partial charge on any atom is 0.320 e. The molecule has 2 aliphatic rings. The van der Waals surface area contributed by atoms with Crippen molar-refractivity contribution in [3.63, 3.8) is 0 Å². The summed E-state index contributed by atoms with van der Waals surface area (Å²) < 4.78 is 0. The van der Waals surface area contributed by atoms with Crippen molar-refractivity contribution < 1.29 is 9.90 Å². The van der Waals surface area contributed by atoms with E-state index >= 15 is 0 Å². The second-order valence-corrected chi connectivity index (χ2v) is 5.18. The first kappa shape index (κ1) is 10.5. The summed E-state index contributed by atoms with van der Waals surface area (Å²) >= 11 is 12.2. The van der Waals surface area contributed by atoms with Crippen LogP contribution in [-0.4, -0.2) is 33.9 Å². The predicted octanol–water partition coefficient (Wildman–Crippen LogP) is 1.43. The zero-order valence-corrected chi connectivity index (χ0v) is 9.13. The first-order chi connectivity index (χ1) is 6.59. The van der Waals surface area contributed by atoms with Crippen molar-refractivity contribution >= 4 is 29.2 Å². The minimum absolute atomic E-state index is 0.0297. The first-order valence-electron chi connectivity index (χ1n) is 4.86. The average Bonchev–Trinajstić information content (AvgIpc) is 2.56. The summed E-state index contributed by atoms with van der Waals surface area (Å²) in [4.78, 5) is 10.8. The highest BCUT2D eigenvalue weighted by molar-refractivity contribution is 6.30. The predicted molar refractivity (Wildman–Crippen MR) is 55.0 cm³/mol. The van der Waals surface area contributed by atoms with Gasteiger partial charge >= 0.3 is 5.97 Å². The lowest BCUT2D eigenvalue weighted by molar-refractivity contribution is -0.139. The molecule has 5 unspecified atom stereocenters. The zero-order valence-electron chi connectivity index (χ0n) is 7.62. The van der Waals surface area contributed by atoms with E-state index in [9.17, 15) is 4.79 Å². The molecule has 0 spiro atoms. The van der Waals surface area contributed by atoms with Crippen LogP contribution < -0.4 is 5.32 Å². The fourth-order valence-electron chi connectivity index (χ4n) is 2.46. The Balaban J connectivity index is 2.06. The standard InChI is InChI=1S/C9H13Cl2NO2/c10-5-2-1-4-3-6(9(13)14)12-8(4)7(5)11/h4-8,12H,1-3H2,(H,13,14). The monoisotopic (exact) mass is 237 g/mol. The molecule has 5 atom stereocenters. The van der Waals surface area contributed by atoms with Gasteiger partial charge in [0.05, 0.1) is 10.8 Å². The van der Waals surface area contributed by atoms with Gasteiger partial charge in [-0.15, -0.1) is 23.2 Å². The molecule has 3 nitrogen and oxygen atoms in total. The third-order valence-electron chi connectivity index (χ3n) is 3.24. The van der Waals surface area contributed by atoms with Crippen LogP contribution in [0.25, 0.3) is 0 Å². The van der Waals surface area contributed by atoms with Crippen molar-refractivity contribution in [1.82, 2.24) is 5.32 Å². The fourth-order valence-corrected chi connectivity index (χ4v) is 3.15. The second kappa shape index (κ2) is 3.87. The quantitative estimate of drug-likeness (QED) is 0.679. The molecule has 0 aromatic heterocycles. The van der Waals surface area contributed by atoms with Crippen LogP contribution >= 0.6 is 23.2 Å². The highest BCUT2D eigenvalue weighted by Crippen LogP contribution is 2.38. The Bertz CT molecular complexity index is 249. The molecular weight excluding hydrogens is 225 g/mol. The highest BCUT2D eigenvalue weighted by Gasteiger charge is 2.45. The van der Waals surface area contributed by atoms with Gasteiger partial charge in [0.25, 0.3) is 0 Å². The Labute approximate surface area is 92.8 Å². The molecule has 14 heavy (non-hydrogen) atoms. The number of nitrogens with one attached hydrogen (secondary N) is 1. The number of halogens is 2. The maximum absolute atomic E-state index is 10.8. The topological polar surface area (TPSA) is 49.3 Å². The molecule has 2 N–H and O–H groups in total. The van der Waals surface area contributed by atoms with Crippen LogP contribution in [0.1, 0.15) is 19.3 Å². The Morgan fingerprint density at radius 2 is 2.07 bits per heavy atom. The molecule has 1 saturated carbocycles. The summed E-state index contributed by atoms with van der Waals surface area (Å²) in [6, 6.07) is -0.359. The third-order valence-corrected chi connectivity index (χ3v) is 4.43. The van der Waals surface area contributed by atoms with Gasteiger partial charge in [0.1, 0.15) is 6.04 Å². The van der Waals surface area contributed by atoms with Gasteiger partial charge in [0.15, 0.2) is 0 Å². The molecular formula is C9H13Cl2NO2. The molecule has 0 aromatic carbocycles. The van der Waals surface area contributed by atoms with E-state index in [1.807, 2.05) is 0 Å². The van der Waals surface area contributed by atoms with Crippen molar-refractivity contribution in [1.29, 1.82) is 0 Å². The van der Waals surface area contributed by atoms with Gasteiger partial charge in [-0.05, 0) is 25.2 Å². The van der Waals surface area contributed by atoms with E-state index < -0.39 is 12.0 Å². The minimum Gasteiger partial charge on any atom is -0.480 e. The van der Waals surface area contributed by atoms with Gasteiger partial charge in [-0.3, -0.25) is 10.1 Å². The summed E-state index contributed by atoms with van der Waals surface area (Å²) in [5.74, 6) is -0.400. The molecule has 0 amide bonds. The van der Waals surface area contributed by atoms with E-state index in [4.69, 9.17) is 28.3 Å². The number of hydrogen-bond acceptors (Lipinski definition) is 2. The van der Waals surface area contributed by atoms with Crippen molar-refractivity contribution in [3.05, 3.63) is 0 Å². The maximum atomic E-state index is 10.8. The highest BCUT2D eigenvalue weighted by atomic mass is 35.5. The molecule has 1 saturated heterocycles. The number of alkyl halides is 2. The lowest BCUT2D eigenvalue weighted by atomic mass is 9.84. The van der Waals surface area contributed by atoms with Gasteiger partial charge in [0, 0.05) is 6.04 Å². The Morgan fingerprint density at radius 1 is 1.36 bits per heavy atom.